The van der Waals surface area contributed by atoms with Crippen molar-refractivity contribution in [3.63, 3.8) is 0 Å². The van der Waals surface area contributed by atoms with Gasteiger partial charge < -0.3 is 9.80 Å². The molecule has 1 aliphatic rings. The van der Waals surface area contributed by atoms with Gasteiger partial charge >= 0.3 is 0 Å². The third-order valence-corrected chi connectivity index (χ3v) is 5.25. The number of hydrogen-bond acceptors (Lipinski definition) is 3. The van der Waals surface area contributed by atoms with Crippen molar-refractivity contribution < 1.29 is 14.0 Å². The molecular formula is C18H18ClFN2O2S. The zero-order chi connectivity index (χ0) is 17.8. The highest BCUT2D eigenvalue weighted by molar-refractivity contribution is 7.07. The van der Waals surface area contributed by atoms with Crippen molar-refractivity contribution in [2.24, 2.45) is 0 Å². The van der Waals surface area contributed by atoms with Gasteiger partial charge in [0.25, 0.3) is 5.91 Å². The van der Waals surface area contributed by atoms with Crippen LogP contribution >= 0.6 is 22.9 Å². The van der Waals surface area contributed by atoms with Crippen LogP contribution in [-0.4, -0.2) is 47.8 Å². The predicted octanol–water partition coefficient (Wildman–Crippen LogP) is 3.46. The lowest BCUT2D eigenvalue weighted by Crippen LogP contribution is -2.50. The fourth-order valence-corrected chi connectivity index (χ4v) is 3.71. The number of piperazine rings is 1. The monoisotopic (exact) mass is 380 g/mol. The van der Waals surface area contributed by atoms with Gasteiger partial charge in [0.05, 0.1) is 5.56 Å². The first kappa shape index (κ1) is 17.9. The Hall–Kier alpha value is -1.92. The molecule has 132 valence electrons. The molecule has 0 aliphatic carbocycles. The summed E-state index contributed by atoms with van der Waals surface area (Å²) in [6.45, 7) is 1.73. The maximum absolute atomic E-state index is 13.8. The second-order valence-electron chi connectivity index (χ2n) is 5.93. The molecular weight excluding hydrogens is 363 g/mol. The summed E-state index contributed by atoms with van der Waals surface area (Å²) in [7, 11) is 0. The maximum Gasteiger partial charge on any atom is 0.257 e. The zero-order valence-corrected chi connectivity index (χ0v) is 15.2. The minimum atomic E-state index is -0.580. The number of carbonyl (C=O) groups excluding carboxylic acids is 2. The molecule has 1 saturated heterocycles. The van der Waals surface area contributed by atoms with E-state index in [0.717, 1.165) is 6.42 Å². The molecule has 0 radical (unpaired) electrons. The Morgan fingerprint density at radius 3 is 2.52 bits per heavy atom. The molecule has 1 aliphatic heterocycles. The van der Waals surface area contributed by atoms with Gasteiger partial charge in [-0.25, -0.2) is 4.39 Å². The standard InChI is InChI=1S/C18H18ClFN2O2S/c19-14-2-3-16(20)15(11-14)18(24)22-8-6-21(7-9-22)17(23)4-1-13-5-10-25-12-13/h2-3,5,10-12H,1,4,6-9H2. The quantitative estimate of drug-likeness (QED) is 0.815. The van der Waals surface area contributed by atoms with Crippen molar-refractivity contribution in [2.75, 3.05) is 26.2 Å². The lowest BCUT2D eigenvalue weighted by atomic mass is 10.1. The summed E-state index contributed by atoms with van der Waals surface area (Å²) in [6.07, 6.45) is 1.20. The van der Waals surface area contributed by atoms with Crippen LogP contribution in [0, 0.1) is 5.82 Å². The first-order chi connectivity index (χ1) is 12.0. The summed E-state index contributed by atoms with van der Waals surface area (Å²) >= 11 is 7.47. The number of nitrogens with zero attached hydrogens (tertiary/aromatic N) is 2. The van der Waals surface area contributed by atoms with E-state index in [-0.39, 0.29) is 17.4 Å². The maximum atomic E-state index is 13.8. The molecule has 4 nitrogen and oxygen atoms in total. The average molecular weight is 381 g/mol. The lowest BCUT2D eigenvalue weighted by molar-refractivity contribution is -0.132. The van der Waals surface area contributed by atoms with Crippen LogP contribution in [0.1, 0.15) is 22.3 Å². The molecule has 2 aromatic rings. The third kappa shape index (κ3) is 4.38. The fourth-order valence-electron chi connectivity index (χ4n) is 2.83. The molecule has 25 heavy (non-hydrogen) atoms. The molecule has 7 heteroatoms. The van der Waals surface area contributed by atoms with Gasteiger partial charge in [0.2, 0.25) is 5.91 Å². The molecule has 2 heterocycles. The Balaban J connectivity index is 1.53. The summed E-state index contributed by atoms with van der Waals surface area (Å²) in [6, 6.07) is 5.98. The van der Waals surface area contributed by atoms with E-state index >= 15 is 0 Å². The number of hydrogen-bond donors (Lipinski definition) is 0. The highest BCUT2D eigenvalue weighted by Gasteiger charge is 2.26. The van der Waals surface area contributed by atoms with Gasteiger partial charge in [-0.15, -0.1) is 0 Å². The number of benzene rings is 1. The first-order valence-corrected chi connectivity index (χ1v) is 9.40. The predicted molar refractivity (Wildman–Crippen MR) is 96.5 cm³/mol. The highest BCUT2D eigenvalue weighted by atomic mass is 35.5. The largest absolute Gasteiger partial charge is 0.339 e. The Bertz CT molecular complexity index is 758. The molecule has 0 saturated carbocycles. The van der Waals surface area contributed by atoms with Crippen molar-refractivity contribution in [3.05, 3.63) is 57.0 Å². The van der Waals surface area contributed by atoms with E-state index < -0.39 is 5.82 Å². The topological polar surface area (TPSA) is 40.6 Å². The van der Waals surface area contributed by atoms with E-state index in [2.05, 4.69) is 0 Å². The second kappa shape index (κ2) is 7.97. The highest BCUT2D eigenvalue weighted by Crippen LogP contribution is 2.18. The summed E-state index contributed by atoms with van der Waals surface area (Å²) in [4.78, 5) is 28.1. The van der Waals surface area contributed by atoms with Crippen molar-refractivity contribution in [1.82, 2.24) is 9.80 Å². The molecule has 0 spiro atoms. The van der Waals surface area contributed by atoms with Crippen LogP contribution in [-0.2, 0) is 11.2 Å². The smallest absolute Gasteiger partial charge is 0.257 e. The van der Waals surface area contributed by atoms with Crippen LogP contribution in [0.25, 0.3) is 0 Å². The summed E-state index contributed by atoms with van der Waals surface area (Å²) in [5.41, 5.74) is 1.15. The van der Waals surface area contributed by atoms with Gasteiger partial charge in [-0.3, -0.25) is 9.59 Å². The Kier molecular flexibility index (Phi) is 5.71. The van der Waals surface area contributed by atoms with Crippen molar-refractivity contribution in [1.29, 1.82) is 0 Å². The van der Waals surface area contributed by atoms with Gasteiger partial charge in [-0.05, 0) is 47.0 Å². The summed E-state index contributed by atoms with van der Waals surface area (Å²) in [5.74, 6) is -0.874. The summed E-state index contributed by atoms with van der Waals surface area (Å²) < 4.78 is 13.8. The number of aryl methyl sites for hydroxylation is 1. The molecule has 3 rings (SSSR count). The van der Waals surface area contributed by atoms with Gasteiger partial charge in [-0.1, -0.05) is 11.6 Å². The van der Waals surface area contributed by atoms with E-state index in [9.17, 15) is 14.0 Å². The van der Waals surface area contributed by atoms with E-state index in [1.54, 1.807) is 21.1 Å². The van der Waals surface area contributed by atoms with Gasteiger partial charge in [0.15, 0.2) is 0 Å². The van der Waals surface area contributed by atoms with Crippen LogP contribution in [0.2, 0.25) is 5.02 Å². The molecule has 2 amide bonds. The second-order valence-corrected chi connectivity index (χ2v) is 7.15. The molecule has 1 fully saturated rings. The van der Waals surface area contributed by atoms with Crippen LogP contribution in [0.3, 0.4) is 0 Å². The number of carbonyl (C=O) groups is 2. The lowest BCUT2D eigenvalue weighted by Gasteiger charge is -2.35. The Labute approximate surface area is 154 Å². The van der Waals surface area contributed by atoms with Crippen molar-refractivity contribution in [3.8, 4) is 0 Å². The number of halogens is 2. The van der Waals surface area contributed by atoms with Crippen LogP contribution in [0.15, 0.2) is 35.0 Å². The molecule has 1 aromatic carbocycles. The average Bonchev–Trinajstić information content (AvgIpc) is 3.15. The first-order valence-electron chi connectivity index (χ1n) is 8.08. The van der Waals surface area contributed by atoms with E-state index in [4.69, 9.17) is 11.6 Å². The summed E-state index contributed by atoms with van der Waals surface area (Å²) in [5, 5.41) is 4.37. The number of thiophene rings is 1. The number of amides is 2. The molecule has 0 atom stereocenters. The van der Waals surface area contributed by atoms with Crippen molar-refractivity contribution >= 4 is 34.8 Å². The zero-order valence-electron chi connectivity index (χ0n) is 13.6. The minimum Gasteiger partial charge on any atom is -0.339 e. The SMILES string of the molecule is O=C(CCc1ccsc1)N1CCN(C(=O)c2cc(Cl)ccc2F)CC1. The third-order valence-electron chi connectivity index (χ3n) is 4.29. The molecule has 1 aromatic heterocycles. The van der Waals surface area contributed by atoms with Crippen molar-refractivity contribution in [2.45, 2.75) is 12.8 Å². The van der Waals surface area contributed by atoms with Crippen LogP contribution in [0.4, 0.5) is 4.39 Å². The molecule has 0 N–H and O–H groups in total. The van der Waals surface area contributed by atoms with Gasteiger partial charge in [0.1, 0.15) is 5.82 Å². The Morgan fingerprint density at radius 2 is 1.84 bits per heavy atom. The van der Waals surface area contributed by atoms with Crippen LogP contribution < -0.4 is 0 Å². The van der Waals surface area contributed by atoms with Crippen LogP contribution in [0.5, 0.6) is 0 Å². The Morgan fingerprint density at radius 1 is 1.12 bits per heavy atom. The normalized spacial score (nSPS) is 14.6. The van der Waals surface area contributed by atoms with E-state index in [0.29, 0.717) is 37.6 Å². The fraction of sp³-hybridized carbons (Fsp3) is 0.333. The van der Waals surface area contributed by atoms with Gasteiger partial charge in [0, 0.05) is 37.6 Å². The van der Waals surface area contributed by atoms with E-state index in [1.807, 2.05) is 16.8 Å². The minimum absolute atomic E-state index is 0.0234. The van der Waals surface area contributed by atoms with E-state index in [1.165, 1.54) is 23.8 Å². The number of rotatable bonds is 4. The van der Waals surface area contributed by atoms with Gasteiger partial charge in [-0.2, -0.15) is 11.3 Å². The molecule has 0 bridgehead atoms. The molecule has 0 unspecified atom stereocenters.